The number of likely N-dealkylation sites (tertiary alicyclic amines) is 1. The quantitative estimate of drug-likeness (QED) is 0.614. The van der Waals surface area contributed by atoms with Gasteiger partial charge in [0.25, 0.3) is 5.91 Å². The van der Waals surface area contributed by atoms with Crippen LogP contribution in [0, 0.1) is 0 Å². The number of hydroxylamine groups is 1. The van der Waals surface area contributed by atoms with Gasteiger partial charge >= 0.3 is 0 Å². The molecule has 20 heavy (non-hydrogen) atoms. The lowest BCUT2D eigenvalue weighted by atomic mass is 9.81. The molecule has 0 aliphatic carbocycles. The first-order chi connectivity index (χ1) is 9.63. The van der Waals surface area contributed by atoms with E-state index in [-0.39, 0.29) is 12.7 Å². The van der Waals surface area contributed by atoms with E-state index < -0.39 is 11.6 Å². The van der Waals surface area contributed by atoms with E-state index in [1.807, 2.05) is 30.3 Å². The molecular formula is C14H20N2O4. The van der Waals surface area contributed by atoms with Crippen LogP contribution in [0.5, 0.6) is 0 Å². The van der Waals surface area contributed by atoms with Crippen LogP contribution in [0.3, 0.4) is 0 Å². The molecule has 2 unspecified atom stereocenters. The summed E-state index contributed by atoms with van der Waals surface area (Å²) in [6, 6.07) is 9.54. The molecule has 0 radical (unpaired) electrons. The van der Waals surface area contributed by atoms with Gasteiger partial charge in [0.1, 0.15) is 12.9 Å². The summed E-state index contributed by atoms with van der Waals surface area (Å²) in [6.45, 7) is 0.416. The third-order valence-corrected chi connectivity index (χ3v) is 3.62. The summed E-state index contributed by atoms with van der Waals surface area (Å²) in [6.07, 6.45) is -0.298. The van der Waals surface area contributed by atoms with Gasteiger partial charge in [-0.05, 0) is 5.56 Å². The zero-order valence-electron chi connectivity index (χ0n) is 11.7. The highest BCUT2D eigenvalue weighted by molar-refractivity contribution is 5.82. The first-order valence-corrected chi connectivity index (χ1v) is 6.45. The minimum Gasteiger partial charge on any atom is -0.359 e. The largest absolute Gasteiger partial charge is 0.359 e. The van der Waals surface area contributed by atoms with Crippen LogP contribution in [0.4, 0.5) is 0 Å². The normalized spacial score (nSPS) is 26.9. The van der Waals surface area contributed by atoms with E-state index in [0.717, 1.165) is 5.56 Å². The molecule has 1 saturated heterocycles. The van der Waals surface area contributed by atoms with Crippen LogP contribution in [0.15, 0.2) is 30.3 Å². The number of amides is 1. The number of piperidine rings is 1. The Kier molecular flexibility index (Phi) is 4.72. The minimum absolute atomic E-state index is 0.0422. The van der Waals surface area contributed by atoms with Gasteiger partial charge in [0.2, 0.25) is 0 Å². The molecule has 1 aliphatic heterocycles. The van der Waals surface area contributed by atoms with Crippen molar-refractivity contribution < 1.29 is 19.5 Å². The van der Waals surface area contributed by atoms with Crippen LogP contribution in [0.25, 0.3) is 0 Å². The smallest absolute Gasteiger partial charge is 0.251 e. The van der Waals surface area contributed by atoms with E-state index in [2.05, 4.69) is 5.48 Å². The maximum Gasteiger partial charge on any atom is 0.251 e. The van der Waals surface area contributed by atoms with Crippen molar-refractivity contribution >= 4 is 5.91 Å². The second-order valence-corrected chi connectivity index (χ2v) is 5.02. The van der Waals surface area contributed by atoms with Gasteiger partial charge in [0.05, 0.1) is 5.54 Å². The van der Waals surface area contributed by atoms with E-state index in [9.17, 15) is 10.0 Å². The second kappa shape index (κ2) is 6.32. The number of carbonyl (C=O) groups excluding carboxylic acids is 1. The average molecular weight is 280 g/mol. The number of benzene rings is 1. The van der Waals surface area contributed by atoms with E-state index in [1.54, 1.807) is 11.9 Å². The molecule has 0 spiro atoms. The molecule has 2 rings (SSSR count). The van der Waals surface area contributed by atoms with E-state index in [0.29, 0.717) is 13.0 Å². The summed E-state index contributed by atoms with van der Waals surface area (Å²) in [5.41, 5.74) is 2.55. The van der Waals surface area contributed by atoms with Crippen molar-refractivity contribution in [3.05, 3.63) is 35.9 Å². The number of carbonyl (C=O) groups is 1. The Morgan fingerprint density at radius 3 is 2.75 bits per heavy atom. The Hall–Kier alpha value is -1.47. The van der Waals surface area contributed by atoms with Gasteiger partial charge in [-0.15, -0.1) is 0 Å². The molecule has 0 bridgehead atoms. The first-order valence-electron chi connectivity index (χ1n) is 6.45. The highest BCUT2D eigenvalue weighted by Gasteiger charge is 2.44. The van der Waals surface area contributed by atoms with Crippen molar-refractivity contribution in [3.63, 3.8) is 0 Å². The molecule has 2 atom stereocenters. The number of rotatable bonds is 5. The molecule has 1 heterocycles. The SMILES string of the molecule is COCOC1CC(NO)(c2ccccc2)CN(C)C1=O. The molecule has 6 heteroatoms. The molecule has 1 fully saturated rings. The lowest BCUT2D eigenvalue weighted by Gasteiger charge is -2.43. The van der Waals surface area contributed by atoms with E-state index in [4.69, 9.17) is 9.47 Å². The maximum absolute atomic E-state index is 12.1. The Labute approximate surface area is 118 Å². The van der Waals surface area contributed by atoms with Crippen molar-refractivity contribution in [2.24, 2.45) is 0 Å². The molecular weight excluding hydrogens is 260 g/mol. The molecule has 0 saturated carbocycles. The van der Waals surface area contributed by atoms with Gasteiger partial charge in [0.15, 0.2) is 0 Å². The number of likely N-dealkylation sites (N-methyl/N-ethyl adjacent to an activating group) is 1. The lowest BCUT2D eigenvalue weighted by Crippen LogP contribution is -2.60. The predicted molar refractivity (Wildman–Crippen MR) is 72.0 cm³/mol. The van der Waals surface area contributed by atoms with Crippen molar-refractivity contribution in [2.45, 2.75) is 18.1 Å². The Balaban J connectivity index is 2.27. The van der Waals surface area contributed by atoms with Gasteiger partial charge in [-0.3, -0.25) is 4.79 Å². The highest BCUT2D eigenvalue weighted by atomic mass is 16.7. The van der Waals surface area contributed by atoms with Crippen LogP contribution in [0.2, 0.25) is 0 Å². The lowest BCUT2D eigenvalue weighted by molar-refractivity contribution is -0.165. The monoisotopic (exact) mass is 280 g/mol. The van der Waals surface area contributed by atoms with Gasteiger partial charge in [-0.25, -0.2) is 0 Å². The number of ether oxygens (including phenoxy) is 2. The Morgan fingerprint density at radius 2 is 2.15 bits per heavy atom. The van der Waals surface area contributed by atoms with Crippen LogP contribution < -0.4 is 5.48 Å². The highest BCUT2D eigenvalue weighted by Crippen LogP contribution is 2.32. The van der Waals surface area contributed by atoms with Gasteiger partial charge in [-0.1, -0.05) is 30.3 Å². The molecule has 2 N–H and O–H groups in total. The molecule has 1 aliphatic rings. The molecule has 110 valence electrons. The maximum atomic E-state index is 12.1. The second-order valence-electron chi connectivity index (χ2n) is 5.02. The summed E-state index contributed by atoms with van der Waals surface area (Å²) < 4.78 is 10.3. The zero-order chi connectivity index (χ0) is 14.6. The van der Waals surface area contributed by atoms with Crippen molar-refractivity contribution in [1.29, 1.82) is 0 Å². The average Bonchev–Trinajstić information content (AvgIpc) is 2.49. The minimum atomic E-state index is -0.734. The number of hydrogen-bond acceptors (Lipinski definition) is 5. The zero-order valence-corrected chi connectivity index (χ0v) is 11.7. The van der Waals surface area contributed by atoms with Crippen LogP contribution in [-0.2, 0) is 19.8 Å². The van der Waals surface area contributed by atoms with E-state index >= 15 is 0 Å². The molecule has 1 aromatic carbocycles. The summed E-state index contributed by atoms with van der Waals surface area (Å²) in [5, 5.41) is 9.67. The number of nitrogens with zero attached hydrogens (tertiary/aromatic N) is 1. The fraction of sp³-hybridized carbons (Fsp3) is 0.500. The number of nitrogens with one attached hydrogen (secondary N) is 1. The van der Waals surface area contributed by atoms with Crippen molar-refractivity contribution in [1.82, 2.24) is 10.4 Å². The van der Waals surface area contributed by atoms with Gasteiger partial charge < -0.3 is 19.6 Å². The van der Waals surface area contributed by atoms with Crippen molar-refractivity contribution in [2.75, 3.05) is 27.5 Å². The van der Waals surface area contributed by atoms with Crippen LogP contribution in [-0.4, -0.2) is 49.6 Å². The Morgan fingerprint density at radius 1 is 1.45 bits per heavy atom. The third-order valence-electron chi connectivity index (χ3n) is 3.62. The summed E-state index contributed by atoms with van der Waals surface area (Å²) in [5.74, 6) is -0.108. The van der Waals surface area contributed by atoms with E-state index in [1.165, 1.54) is 7.11 Å². The first kappa shape index (κ1) is 14.9. The fourth-order valence-electron chi connectivity index (χ4n) is 2.59. The van der Waals surface area contributed by atoms with Crippen LogP contribution >= 0.6 is 0 Å². The topological polar surface area (TPSA) is 71.0 Å². The summed E-state index contributed by atoms with van der Waals surface area (Å²) in [4.78, 5) is 13.7. The predicted octanol–water partition coefficient (Wildman–Crippen LogP) is 0.712. The van der Waals surface area contributed by atoms with Gasteiger partial charge in [-0.2, -0.15) is 5.48 Å². The van der Waals surface area contributed by atoms with Crippen LogP contribution in [0.1, 0.15) is 12.0 Å². The number of hydrogen-bond donors (Lipinski definition) is 2. The van der Waals surface area contributed by atoms with Crippen molar-refractivity contribution in [3.8, 4) is 0 Å². The third kappa shape index (κ3) is 2.83. The number of methoxy groups -OCH3 is 1. The molecule has 1 aromatic rings. The standard InChI is InChI=1S/C14H20N2O4/c1-16-9-14(15-18,11-6-4-3-5-7-11)8-12(13(16)17)20-10-19-2/h3-7,12,15,18H,8-10H2,1-2H3. The molecule has 6 nitrogen and oxygen atoms in total. The molecule has 1 amide bonds. The Bertz CT molecular complexity index is 454. The van der Waals surface area contributed by atoms with Gasteiger partial charge in [0, 0.05) is 27.1 Å². The fourth-order valence-corrected chi connectivity index (χ4v) is 2.59. The molecule has 0 aromatic heterocycles. The summed E-state index contributed by atoms with van der Waals surface area (Å²) in [7, 11) is 3.20. The summed E-state index contributed by atoms with van der Waals surface area (Å²) >= 11 is 0.